The Morgan fingerprint density at radius 2 is 1.65 bits per heavy atom. The number of nitrogens with one attached hydrogen (secondary N) is 1. The number of hydrogen-bond donors (Lipinski definition) is 2. The zero-order chi connectivity index (χ0) is 18.7. The predicted molar refractivity (Wildman–Crippen MR) is 104 cm³/mol. The van der Waals surface area contributed by atoms with Crippen LogP contribution in [0, 0.1) is 0 Å². The molecule has 0 saturated heterocycles. The summed E-state index contributed by atoms with van der Waals surface area (Å²) in [6.45, 7) is 1.48. The van der Waals surface area contributed by atoms with Crippen molar-refractivity contribution in [1.29, 1.82) is 0 Å². The summed E-state index contributed by atoms with van der Waals surface area (Å²) in [5.41, 5.74) is 3.82. The Balaban J connectivity index is 1.66. The summed E-state index contributed by atoms with van der Waals surface area (Å²) in [5, 5.41) is 1.67. The minimum absolute atomic E-state index is 0.542. The SMILES string of the molecule is CN(C)S(=O)(=O)Nc1ccc(Cc2ccc(C3=NCCN3N)cc2)cc1. The molecule has 0 aromatic heterocycles. The van der Waals surface area contributed by atoms with Crippen LogP contribution in [0.4, 0.5) is 5.69 Å². The summed E-state index contributed by atoms with van der Waals surface area (Å²) in [5.74, 6) is 6.73. The summed E-state index contributed by atoms with van der Waals surface area (Å²) in [6.07, 6.45) is 0.764. The lowest BCUT2D eigenvalue weighted by Crippen LogP contribution is -2.34. The standard InChI is InChI=1S/C18H23N5O2S/c1-22(2)26(24,25)21-17-9-5-15(6-10-17)13-14-3-7-16(8-4-14)18-20-11-12-23(18)19/h3-10,21H,11-13,19H2,1-2H3. The van der Waals surface area contributed by atoms with Crippen LogP contribution in [0.2, 0.25) is 0 Å². The molecule has 0 fully saturated rings. The maximum absolute atomic E-state index is 11.8. The van der Waals surface area contributed by atoms with Gasteiger partial charge in [0, 0.05) is 25.3 Å². The highest BCUT2D eigenvalue weighted by molar-refractivity contribution is 7.90. The number of hydrogen-bond acceptors (Lipinski definition) is 5. The van der Waals surface area contributed by atoms with E-state index in [2.05, 4.69) is 21.8 Å². The van der Waals surface area contributed by atoms with Crippen LogP contribution in [0.1, 0.15) is 16.7 Å². The molecule has 3 rings (SSSR count). The third-order valence-electron chi connectivity index (χ3n) is 4.18. The van der Waals surface area contributed by atoms with Crippen molar-refractivity contribution in [3.05, 3.63) is 65.2 Å². The van der Waals surface area contributed by atoms with Crippen LogP contribution in [0.15, 0.2) is 53.5 Å². The molecule has 1 aliphatic rings. The van der Waals surface area contributed by atoms with E-state index < -0.39 is 10.2 Å². The monoisotopic (exact) mass is 373 g/mol. The summed E-state index contributed by atoms with van der Waals surface area (Å²) >= 11 is 0. The molecule has 2 aromatic carbocycles. The van der Waals surface area contributed by atoms with Gasteiger partial charge in [-0.3, -0.25) is 14.7 Å². The fraction of sp³-hybridized carbons (Fsp3) is 0.278. The fourth-order valence-corrected chi connectivity index (χ4v) is 3.27. The van der Waals surface area contributed by atoms with Crippen LogP contribution in [0.3, 0.4) is 0 Å². The van der Waals surface area contributed by atoms with E-state index in [4.69, 9.17) is 5.84 Å². The van der Waals surface area contributed by atoms with Gasteiger partial charge in [0.2, 0.25) is 0 Å². The number of rotatable bonds is 6. The number of nitrogens with two attached hydrogens (primary N) is 1. The first-order valence-corrected chi connectivity index (χ1v) is 9.74. The van der Waals surface area contributed by atoms with Crippen LogP contribution in [0.25, 0.3) is 0 Å². The van der Waals surface area contributed by atoms with Gasteiger partial charge in [0.05, 0.1) is 13.1 Å². The van der Waals surface area contributed by atoms with Gasteiger partial charge < -0.3 is 0 Å². The van der Waals surface area contributed by atoms with E-state index in [0.717, 1.165) is 46.3 Å². The normalized spacial score (nSPS) is 14.6. The number of hydrazine groups is 1. The van der Waals surface area contributed by atoms with Gasteiger partial charge in [0.1, 0.15) is 5.84 Å². The second kappa shape index (κ2) is 7.45. The first-order valence-electron chi connectivity index (χ1n) is 8.30. The first-order chi connectivity index (χ1) is 12.3. The lowest BCUT2D eigenvalue weighted by molar-refractivity contribution is 0.484. The number of benzene rings is 2. The molecular weight excluding hydrogens is 350 g/mol. The van der Waals surface area contributed by atoms with Crippen molar-refractivity contribution in [3.8, 4) is 0 Å². The van der Waals surface area contributed by atoms with Crippen molar-refractivity contribution < 1.29 is 8.42 Å². The highest BCUT2D eigenvalue weighted by Gasteiger charge is 2.15. The third-order valence-corrected chi connectivity index (χ3v) is 5.63. The summed E-state index contributed by atoms with van der Waals surface area (Å²) in [6, 6.07) is 15.6. The van der Waals surface area contributed by atoms with Gasteiger partial charge in [-0.25, -0.2) is 5.84 Å². The molecule has 0 radical (unpaired) electrons. The zero-order valence-electron chi connectivity index (χ0n) is 14.9. The largest absolute Gasteiger partial charge is 0.301 e. The molecular formula is C18H23N5O2S. The van der Waals surface area contributed by atoms with Crippen LogP contribution >= 0.6 is 0 Å². The molecule has 0 saturated carbocycles. The summed E-state index contributed by atoms with van der Waals surface area (Å²) in [4.78, 5) is 4.41. The van der Waals surface area contributed by atoms with Crippen LogP contribution in [0.5, 0.6) is 0 Å². The molecule has 0 aliphatic carbocycles. The van der Waals surface area contributed by atoms with Crippen molar-refractivity contribution in [1.82, 2.24) is 9.31 Å². The average Bonchev–Trinajstić information content (AvgIpc) is 3.03. The molecule has 1 heterocycles. The molecule has 26 heavy (non-hydrogen) atoms. The van der Waals surface area contributed by atoms with Crippen molar-refractivity contribution in [3.63, 3.8) is 0 Å². The second-order valence-corrected chi connectivity index (χ2v) is 8.24. The lowest BCUT2D eigenvalue weighted by atomic mass is 10.0. The third kappa shape index (κ3) is 4.21. The molecule has 8 heteroatoms. The van der Waals surface area contributed by atoms with Gasteiger partial charge in [-0.1, -0.05) is 36.4 Å². The Kier molecular flexibility index (Phi) is 5.26. The Hall–Kier alpha value is -2.42. The van der Waals surface area contributed by atoms with Gasteiger partial charge in [0.15, 0.2) is 0 Å². The molecule has 0 atom stereocenters. The number of aliphatic imine (C=N–C) groups is 1. The van der Waals surface area contributed by atoms with Crippen molar-refractivity contribution >= 4 is 21.7 Å². The molecule has 3 N–H and O–H groups in total. The van der Waals surface area contributed by atoms with Gasteiger partial charge in [-0.2, -0.15) is 12.7 Å². The Labute approximate surface area is 154 Å². The van der Waals surface area contributed by atoms with Crippen LogP contribution < -0.4 is 10.6 Å². The van der Waals surface area contributed by atoms with E-state index in [1.54, 1.807) is 17.1 Å². The smallest absolute Gasteiger partial charge is 0.293 e. The van der Waals surface area contributed by atoms with E-state index in [-0.39, 0.29) is 0 Å². The maximum Gasteiger partial charge on any atom is 0.301 e. The zero-order valence-corrected chi connectivity index (χ0v) is 15.7. The van der Waals surface area contributed by atoms with E-state index in [1.807, 2.05) is 24.3 Å². The highest BCUT2D eigenvalue weighted by Crippen LogP contribution is 2.17. The Morgan fingerprint density at radius 3 is 2.15 bits per heavy atom. The molecule has 0 spiro atoms. The molecule has 7 nitrogen and oxygen atoms in total. The van der Waals surface area contributed by atoms with Gasteiger partial charge in [-0.05, 0) is 29.7 Å². The number of anilines is 1. The van der Waals surface area contributed by atoms with Crippen molar-refractivity contribution in [2.24, 2.45) is 10.8 Å². The van der Waals surface area contributed by atoms with Gasteiger partial charge in [0.25, 0.3) is 0 Å². The Bertz CT molecular complexity index is 890. The number of amidine groups is 1. The van der Waals surface area contributed by atoms with Gasteiger partial charge >= 0.3 is 10.2 Å². The fourth-order valence-electron chi connectivity index (χ4n) is 2.66. The summed E-state index contributed by atoms with van der Waals surface area (Å²) < 4.78 is 27.3. The first kappa shape index (κ1) is 18.4. The lowest BCUT2D eigenvalue weighted by Gasteiger charge is -2.14. The molecule has 2 aromatic rings. The molecule has 0 unspecified atom stereocenters. The molecule has 0 amide bonds. The van der Waals surface area contributed by atoms with E-state index in [9.17, 15) is 8.42 Å². The average molecular weight is 373 g/mol. The maximum atomic E-state index is 11.8. The van der Waals surface area contributed by atoms with Crippen LogP contribution in [-0.2, 0) is 16.6 Å². The van der Waals surface area contributed by atoms with E-state index in [0.29, 0.717) is 5.69 Å². The van der Waals surface area contributed by atoms with E-state index >= 15 is 0 Å². The molecule has 0 bridgehead atoms. The molecule has 1 aliphatic heterocycles. The van der Waals surface area contributed by atoms with E-state index in [1.165, 1.54) is 14.1 Å². The Morgan fingerprint density at radius 1 is 1.08 bits per heavy atom. The minimum atomic E-state index is -3.48. The highest BCUT2D eigenvalue weighted by atomic mass is 32.2. The van der Waals surface area contributed by atoms with Crippen molar-refractivity contribution in [2.75, 3.05) is 31.9 Å². The predicted octanol–water partition coefficient (Wildman–Crippen LogP) is 1.43. The second-order valence-electron chi connectivity index (χ2n) is 6.36. The topological polar surface area (TPSA) is 91.0 Å². The van der Waals surface area contributed by atoms with Crippen molar-refractivity contribution in [2.45, 2.75) is 6.42 Å². The summed E-state index contributed by atoms with van der Waals surface area (Å²) in [7, 11) is -0.508. The molecule has 138 valence electrons. The minimum Gasteiger partial charge on any atom is -0.293 e. The van der Waals surface area contributed by atoms with Gasteiger partial charge in [-0.15, -0.1) is 0 Å². The quantitative estimate of drug-likeness (QED) is 0.750. The van der Waals surface area contributed by atoms with Crippen LogP contribution in [-0.4, -0.2) is 50.8 Å². The number of nitrogens with zero attached hydrogens (tertiary/aromatic N) is 3.